The van der Waals surface area contributed by atoms with Crippen molar-refractivity contribution >= 4 is 48.6 Å². The topological polar surface area (TPSA) is 21.7 Å². The number of anilines is 3. The number of benzene rings is 10. The molecule has 1 aliphatic carbocycles. The summed E-state index contributed by atoms with van der Waals surface area (Å²) in [6.45, 7) is 0. The van der Waals surface area contributed by atoms with Gasteiger partial charge in [-0.05, 0) is 98.6 Å². The molecule has 13 rings (SSSR count). The third kappa shape index (κ3) is 5.88. The maximum absolute atomic E-state index is 7.04. The zero-order chi connectivity index (χ0) is 42.9. The molecule has 0 atom stereocenters. The monoisotopic (exact) mass is 849 g/mol. The standard InChI is InChI=1S/C61H39NO2S/c1-4-16-40(17-5-1)42-18-14-23-46(38-42)62(45-32-30-41(31-33-45)48-26-15-27-50-49-24-11-13-29-57(49)65-60(48)50)47-34-36-54-56(39-47)63-55-37-35-53-58(59(55)64-54)51-25-10-12-28-52(51)61(53,43-19-6-2-7-20-43)44-21-8-3-9-22-44/h1-39H. The average molecular weight is 850 g/mol. The highest BCUT2D eigenvalue weighted by Crippen LogP contribution is 2.62. The molecule has 0 bridgehead atoms. The highest BCUT2D eigenvalue weighted by Gasteiger charge is 2.48. The van der Waals surface area contributed by atoms with Crippen LogP contribution < -0.4 is 14.4 Å². The summed E-state index contributed by atoms with van der Waals surface area (Å²) >= 11 is 1.86. The van der Waals surface area contributed by atoms with E-state index in [-0.39, 0.29) is 0 Å². The Morgan fingerprint density at radius 1 is 0.369 bits per heavy atom. The zero-order valence-electron chi connectivity index (χ0n) is 35.2. The van der Waals surface area contributed by atoms with Crippen molar-refractivity contribution in [2.45, 2.75) is 5.41 Å². The lowest BCUT2D eigenvalue weighted by atomic mass is 9.68. The highest BCUT2D eigenvalue weighted by molar-refractivity contribution is 7.26. The van der Waals surface area contributed by atoms with Gasteiger partial charge in [0.2, 0.25) is 0 Å². The lowest BCUT2D eigenvalue weighted by Crippen LogP contribution is -2.28. The first kappa shape index (κ1) is 37.4. The minimum absolute atomic E-state index is 0.536. The molecule has 3 nitrogen and oxygen atoms in total. The van der Waals surface area contributed by atoms with E-state index in [1.165, 1.54) is 53.6 Å². The van der Waals surface area contributed by atoms with Crippen LogP contribution in [-0.2, 0) is 5.41 Å². The van der Waals surface area contributed by atoms with Gasteiger partial charge in [-0.3, -0.25) is 0 Å². The number of fused-ring (bicyclic) bond motifs is 9. The second-order valence-electron chi connectivity index (χ2n) is 16.8. The van der Waals surface area contributed by atoms with Crippen LogP contribution in [0.2, 0.25) is 0 Å². The van der Waals surface area contributed by atoms with Gasteiger partial charge < -0.3 is 14.4 Å². The number of hydrogen-bond acceptors (Lipinski definition) is 4. The van der Waals surface area contributed by atoms with Crippen molar-refractivity contribution < 1.29 is 9.47 Å². The van der Waals surface area contributed by atoms with E-state index >= 15 is 0 Å². The molecule has 0 amide bonds. The molecule has 0 spiro atoms. The Morgan fingerprint density at radius 2 is 0.985 bits per heavy atom. The molecule has 0 saturated heterocycles. The minimum Gasteiger partial charge on any atom is -0.449 e. The van der Waals surface area contributed by atoms with Crippen molar-refractivity contribution in [3.63, 3.8) is 0 Å². The van der Waals surface area contributed by atoms with Crippen molar-refractivity contribution in [1.29, 1.82) is 0 Å². The van der Waals surface area contributed by atoms with Crippen LogP contribution in [0.1, 0.15) is 22.3 Å². The Hall–Kier alpha value is -8.18. The summed E-state index contributed by atoms with van der Waals surface area (Å²) in [4.78, 5) is 2.31. The molecule has 65 heavy (non-hydrogen) atoms. The molecular weight excluding hydrogens is 811 g/mol. The molecule has 0 radical (unpaired) electrons. The summed E-state index contributed by atoms with van der Waals surface area (Å²) < 4.78 is 16.6. The first-order chi connectivity index (χ1) is 32.2. The van der Waals surface area contributed by atoms with Gasteiger partial charge in [-0.2, -0.15) is 0 Å². The van der Waals surface area contributed by atoms with Crippen molar-refractivity contribution in [3.05, 3.63) is 259 Å². The van der Waals surface area contributed by atoms with E-state index in [1.54, 1.807) is 0 Å². The van der Waals surface area contributed by atoms with Crippen LogP contribution in [0, 0.1) is 0 Å². The molecule has 11 aromatic rings. The predicted molar refractivity (Wildman–Crippen MR) is 269 cm³/mol. The number of ether oxygens (including phenoxy) is 2. The number of hydrogen-bond donors (Lipinski definition) is 0. The van der Waals surface area contributed by atoms with Crippen LogP contribution in [0.5, 0.6) is 23.0 Å². The molecule has 306 valence electrons. The Bertz CT molecular complexity index is 3560. The first-order valence-electron chi connectivity index (χ1n) is 22.1. The van der Waals surface area contributed by atoms with E-state index in [2.05, 4.69) is 241 Å². The van der Waals surface area contributed by atoms with Crippen LogP contribution in [0.25, 0.3) is 53.6 Å². The van der Waals surface area contributed by atoms with E-state index in [9.17, 15) is 0 Å². The lowest BCUT2D eigenvalue weighted by molar-refractivity contribution is 0.360. The molecule has 2 aliphatic rings. The van der Waals surface area contributed by atoms with E-state index in [0.29, 0.717) is 17.2 Å². The molecule has 10 aromatic carbocycles. The van der Waals surface area contributed by atoms with Gasteiger partial charge in [0, 0.05) is 43.2 Å². The molecule has 0 fully saturated rings. The van der Waals surface area contributed by atoms with E-state index in [1.807, 2.05) is 11.3 Å². The van der Waals surface area contributed by atoms with Crippen molar-refractivity contribution in [3.8, 4) is 56.4 Å². The molecule has 1 aromatic heterocycles. The van der Waals surface area contributed by atoms with Crippen LogP contribution >= 0.6 is 11.3 Å². The summed E-state index contributed by atoms with van der Waals surface area (Å²) in [5.74, 6) is 2.77. The molecule has 0 N–H and O–H groups in total. The Balaban J connectivity index is 0.923. The lowest BCUT2D eigenvalue weighted by Gasteiger charge is -2.34. The quantitative estimate of drug-likeness (QED) is 0.159. The van der Waals surface area contributed by atoms with Crippen LogP contribution in [-0.4, -0.2) is 0 Å². The van der Waals surface area contributed by atoms with Crippen LogP contribution in [0.15, 0.2) is 237 Å². The molecule has 4 heteroatoms. The van der Waals surface area contributed by atoms with Gasteiger partial charge in [-0.25, -0.2) is 0 Å². The number of nitrogens with zero attached hydrogens (tertiary/aromatic N) is 1. The van der Waals surface area contributed by atoms with Gasteiger partial charge in [-0.1, -0.05) is 182 Å². The normalized spacial score (nSPS) is 13.0. The van der Waals surface area contributed by atoms with Gasteiger partial charge in [0.05, 0.1) is 11.1 Å². The fourth-order valence-corrected chi connectivity index (χ4v) is 11.6. The second-order valence-corrected chi connectivity index (χ2v) is 17.8. The van der Waals surface area contributed by atoms with Crippen LogP contribution in [0.3, 0.4) is 0 Å². The first-order valence-corrected chi connectivity index (χ1v) is 22.9. The largest absolute Gasteiger partial charge is 0.449 e. The van der Waals surface area contributed by atoms with E-state index in [0.717, 1.165) is 45.1 Å². The fraction of sp³-hybridized carbons (Fsp3) is 0.0164. The van der Waals surface area contributed by atoms with Gasteiger partial charge in [-0.15, -0.1) is 11.3 Å². The second kappa shape index (κ2) is 15.0. The summed E-state index contributed by atoms with van der Waals surface area (Å²) in [7, 11) is 0. The zero-order valence-corrected chi connectivity index (χ0v) is 36.0. The summed E-state index contributed by atoms with van der Waals surface area (Å²) in [5.41, 5.74) is 14.2. The Morgan fingerprint density at radius 3 is 1.78 bits per heavy atom. The smallest absolute Gasteiger partial charge is 0.178 e. The van der Waals surface area contributed by atoms with E-state index < -0.39 is 5.41 Å². The van der Waals surface area contributed by atoms with Gasteiger partial charge >= 0.3 is 0 Å². The Kier molecular flexibility index (Phi) is 8.62. The predicted octanol–water partition coefficient (Wildman–Crippen LogP) is 17.1. The average Bonchev–Trinajstić information content (AvgIpc) is 3.91. The molecule has 1 aliphatic heterocycles. The minimum atomic E-state index is -0.536. The highest BCUT2D eigenvalue weighted by atomic mass is 32.1. The maximum Gasteiger partial charge on any atom is 0.178 e. The molecule has 0 saturated carbocycles. The summed E-state index contributed by atoms with van der Waals surface area (Å²) in [6.07, 6.45) is 0. The maximum atomic E-state index is 7.04. The van der Waals surface area contributed by atoms with Gasteiger partial charge in [0.15, 0.2) is 23.0 Å². The van der Waals surface area contributed by atoms with Crippen molar-refractivity contribution in [2.75, 3.05) is 4.90 Å². The summed E-state index contributed by atoms with van der Waals surface area (Å²) in [6, 6.07) is 84.7. The van der Waals surface area contributed by atoms with E-state index in [4.69, 9.17) is 9.47 Å². The van der Waals surface area contributed by atoms with Crippen molar-refractivity contribution in [1.82, 2.24) is 0 Å². The fourth-order valence-electron chi connectivity index (χ4n) is 10.4. The molecule has 2 heterocycles. The number of rotatable bonds is 7. The summed E-state index contributed by atoms with van der Waals surface area (Å²) in [5, 5.41) is 2.60. The van der Waals surface area contributed by atoms with Crippen molar-refractivity contribution in [2.24, 2.45) is 0 Å². The number of thiophene rings is 1. The van der Waals surface area contributed by atoms with Gasteiger partial charge in [0.25, 0.3) is 0 Å². The Labute approximate surface area is 381 Å². The third-order valence-electron chi connectivity index (χ3n) is 13.2. The molecule has 0 unspecified atom stereocenters. The van der Waals surface area contributed by atoms with Gasteiger partial charge in [0.1, 0.15) is 0 Å². The third-order valence-corrected chi connectivity index (χ3v) is 14.4. The molecular formula is C61H39NO2S. The SMILES string of the molecule is c1ccc(-c2cccc(N(c3ccc(-c4cccc5c4sc4ccccc45)cc3)c3ccc4c(c3)Oc3ccc5c(c3O4)-c3ccccc3C5(c3ccccc3)c3ccccc3)c2)cc1. The van der Waals surface area contributed by atoms with Crippen LogP contribution in [0.4, 0.5) is 17.1 Å².